The summed E-state index contributed by atoms with van der Waals surface area (Å²) in [6.07, 6.45) is 4.41. The normalized spacial score (nSPS) is 14.9. The predicted molar refractivity (Wildman–Crippen MR) is 49.9 cm³/mol. The average molecular weight is 170 g/mol. The van der Waals surface area contributed by atoms with E-state index in [0.29, 0.717) is 0 Å². The highest BCUT2D eigenvalue weighted by molar-refractivity contribution is 5.66. The Morgan fingerprint density at radius 3 is 2.58 bits per heavy atom. The third kappa shape index (κ3) is 4.16. The van der Waals surface area contributed by atoms with Crippen LogP contribution < -0.4 is 0 Å². The molecule has 0 aliphatic rings. The van der Waals surface area contributed by atoms with Crippen LogP contribution in [0.2, 0.25) is 0 Å². The standard InChI is InChI=1S/C10H18O2/c1-5-7-10(4,8-6-2)12-9(3)11/h5H,1,6-8H2,2-4H3. The third-order valence-corrected chi connectivity index (χ3v) is 1.75. The molecule has 0 radical (unpaired) electrons. The molecule has 0 saturated heterocycles. The van der Waals surface area contributed by atoms with Crippen molar-refractivity contribution in [2.24, 2.45) is 0 Å². The van der Waals surface area contributed by atoms with Crippen LogP contribution in [0, 0.1) is 0 Å². The van der Waals surface area contributed by atoms with E-state index >= 15 is 0 Å². The Morgan fingerprint density at radius 2 is 2.25 bits per heavy atom. The first-order valence-electron chi connectivity index (χ1n) is 4.34. The number of ether oxygens (including phenoxy) is 1. The molecule has 70 valence electrons. The van der Waals surface area contributed by atoms with Gasteiger partial charge in [0.1, 0.15) is 5.60 Å². The minimum absolute atomic E-state index is 0.215. The topological polar surface area (TPSA) is 26.3 Å². The highest BCUT2D eigenvalue weighted by Crippen LogP contribution is 2.22. The maximum Gasteiger partial charge on any atom is 0.303 e. The van der Waals surface area contributed by atoms with E-state index in [0.717, 1.165) is 19.3 Å². The minimum Gasteiger partial charge on any atom is -0.459 e. The summed E-state index contributed by atoms with van der Waals surface area (Å²) in [5, 5.41) is 0. The largest absolute Gasteiger partial charge is 0.459 e. The first-order chi connectivity index (χ1) is 5.54. The van der Waals surface area contributed by atoms with Crippen LogP contribution in [0.3, 0.4) is 0 Å². The lowest BCUT2D eigenvalue weighted by molar-refractivity contribution is -0.155. The maximum atomic E-state index is 10.8. The van der Waals surface area contributed by atoms with Crippen LogP contribution in [-0.2, 0) is 9.53 Å². The van der Waals surface area contributed by atoms with Crippen molar-refractivity contribution in [3.63, 3.8) is 0 Å². The van der Waals surface area contributed by atoms with Gasteiger partial charge in [-0.05, 0) is 13.3 Å². The van der Waals surface area contributed by atoms with Crippen LogP contribution in [0.1, 0.15) is 40.0 Å². The first-order valence-corrected chi connectivity index (χ1v) is 4.34. The van der Waals surface area contributed by atoms with Gasteiger partial charge in [0.15, 0.2) is 0 Å². The SMILES string of the molecule is C=CCC(C)(CCC)OC(C)=O. The van der Waals surface area contributed by atoms with Crippen molar-refractivity contribution < 1.29 is 9.53 Å². The highest BCUT2D eigenvalue weighted by Gasteiger charge is 2.24. The molecule has 0 fully saturated rings. The molecule has 0 aromatic carbocycles. The molecule has 0 saturated carbocycles. The summed E-state index contributed by atoms with van der Waals surface area (Å²) in [6.45, 7) is 9.10. The first kappa shape index (κ1) is 11.2. The van der Waals surface area contributed by atoms with Crippen LogP contribution in [0.5, 0.6) is 0 Å². The van der Waals surface area contributed by atoms with Crippen LogP contribution in [0.4, 0.5) is 0 Å². The molecule has 0 N–H and O–H groups in total. The molecule has 0 amide bonds. The van der Waals surface area contributed by atoms with Crippen molar-refractivity contribution in [1.82, 2.24) is 0 Å². The van der Waals surface area contributed by atoms with Gasteiger partial charge in [-0.3, -0.25) is 4.79 Å². The summed E-state index contributed by atoms with van der Waals surface area (Å²) in [6, 6.07) is 0. The number of hydrogen-bond acceptors (Lipinski definition) is 2. The molecule has 2 heteroatoms. The summed E-state index contributed by atoms with van der Waals surface area (Å²) in [4.78, 5) is 10.8. The zero-order valence-corrected chi connectivity index (χ0v) is 8.22. The van der Waals surface area contributed by atoms with Crippen LogP contribution >= 0.6 is 0 Å². The molecule has 0 rings (SSSR count). The summed E-state index contributed by atoms with van der Waals surface area (Å²) >= 11 is 0. The van der Waals surface area contributed by atoms with Gasteiger partial charge in [-0.25, -0.2) is 0 Å². The molecule has 0 aliphatic carbocycles. The molecule has 0 aromatic heterocycles. The Kier molecular flexibility index (Phi) is 4.64. The van der Waals surface area contributed by atoms with Crippen LogP contribution in [0.15, 0.2) is 12.7 Å². The van der Waals surface area contributed by atoms with Gasteiger partial charge in [0.25, 0.3) is 0 Å². The Labute approximate surface area is 74.6 Å². The molecule has 0 spiro atoms. The van der Waals surface area contributed by atoms with Crippen molar-refractivity contribution in [2.75, 3.05) is 0 Å². The summed E-state index contributed by atoms with van der Waals surface area (Å²) < 4.78 is 5.21. The lowest BCUT2D eigenvalue weighted by atomic mass is 9.96. The van der Waals surface area contributed by atoms with E-state index in [2.05, 4.69) is 13.5 Å². The van der Waals surface area contributed by atoms with E-state index in [9.17, 15) is 4.79 Å². The number of carbonyl (C=O) groups is 1. The van der Waals surface area contributed by atoms with Gasteiger partial charge < -0.3 is 4.74 Å². The Morgan fingerprint density at radius 1 is 1.67 bits per heavy atom. The van der Waals surface area contributed by atoms with E-state index in [-0.39, 0.29) is 11.6 Å². The quantitative estimate of drug-likeness (QED) is 0.468. The molecule has 2 nitrogen and oxygen atoms in total. The average Bonchev–Trinajstić information content (AvgIpc) is 1.85. The molecule has 1 unspecified atom stereocenters. The van der Waals surface area contributed by atoms with Crippen molar-refractivity contribution in [3.8, 4) is 0 Å². The zero-order valence-electron chi connectivity index (χ0n) is 8.22. The Balaban J connectivity index is 4.15. The van der Waals surface area contributed by atoms with E-state index in [1.54, 1.807) is 6.08 Å². The van der Waals surface area contributed by atoms with E-state index < -0.39 is 0 Å². The molecular weight excluding hydrogens is 152 g/mol. The lowest BCUT2D eigenvalue weighted by Crippen LogP contribution is -2.29. The third-order valence-electron chi connectivity index (χ3n) is 1.75. The molecule has 1 atom stereocenters. The summed E-state index contributed by atoms with van der Waals surface area (Å²) in [7, 11) is 0. The lowest BCUT2D eigenvalue weighted by Gasteiger charge is -2.27. The molecular formula is C10H18O2. The van der Waals surface area contributed by atoms with Crippen molar-refractivity contribution in [3.05, 3.63) is 12.7 Å². The number of hydrogen-bond donors (Lipinski definition) is 0. The monoisotopic (exact) mass is 170 g/mol. The van der Waals surface area contributed by atoms with Gasteiger partial charge in [0.05, 0.1) is 0 Å². The van der Waals surface area contributed by atoms with Gasteiger partial charge in [-0.15, -0.1) is 6.58 Å². The maximum absolute atomic E-state index is 10.8. The number of rotatable bonds is 5. The predicted octanol–water partition coefficient (Wildman–Crippen LogP) is 2.68. The van der Waals surface area contributed by atoms with Crippen molar-refractivity contribution in [2.45, 2.75) is 45.6 Å². The fraction of sp³-hybridized carbons (Fsp3) is 0.700. The van der Waals surface area contributed by atoms with Gasteiger partial charge in [-0.1, -0.05) is 19.4 Å². The van der Waals surface area contributed by atoms with Crippen LogP contribution in [0.25, 0.3) is 0 Å². The summed E-state index contributed by atoms with van der Waals surface area (Å²) in [5.74, 6) is -0.215. The van der Waals surface area contributed by atoms with Gasteiger partial charge in [0, 0.05) is 13.3 Å². The second kappa shape index (κ2) is 4.96. The fourth-order valence-corrected chi connectivity index (χ4v) is 1.38. The second-order valence-corrected chi connectivity index (χ2v) is 3.29. The molecule has 0 aromatic rings. The molecule has 12 heavy (non-hydrogen) atoms. The fourth-order valence-electron chi connectivity index (χ4n) is 1.38. The summed E-state index contributed by atoms with van der Waals surface area (Å²) in [5.41, 5.74) is -0.345. The Hall–Kier alpha value is -0.790. The van der Waals surface area contributed by atoms with E-state index in [1.165, 1.54) is 6.92 Å². The minimum atomic E-state index is -0.345. The zero-order chi connectivity index (χ0) is 9.61. The molecule has 0 aliphatic heterocycles. The van der Waals surface area contributed by atoms with Crippen LogP contribution in [-0.4, -0.2) is 11.6 Å². The van der Waals surface area contributed by atoms with Gasteiger partial charge in [0.2, 0.25) is 0 Å². The number of esters is 1. The molecule has 0 heterocycles. The Bertz CT molecular complexity index is 163. The van der Waals surface area contributed by atoms with Gasteiger partial charge >= 0.3 is 5.97 Å². The second-order valence-electron chi connectivity index (χ2n) is 3.29. The van der Waals surface area contributed by atoms with E-state index in [4.69, 9.17) is 4.74 Å². The number of carbonyl (C=O) groups excluding carboxylic acids is 1. The highest BCUT2D eigenvalue weighted by atomic mass is 16.6. The molecule has 0 bridgehead atoms. The van der Waals surface area contributed by atoms with Gasteiger partial charge in [-0.2, -0.15) is 0 Å². The van der Waals surface area contributed by atoms with E-state index in [1.807, 2.05) is 6.92 Å². The van der Waals surface area contributed by atoms with Crippen molar-refractivity contribution >= 4 is 5.97 Å². The van der Waals surface area contributed by atoms with Crippen molar-refractivity contribution in [1.29, 1.82) is 0 Å². The smallest absolute Gasteiger partial charge is 0.303 e.